The van der Waals surface area contributed by atoms with Crippen LogP contribution in [-0.2, 0) is 9.53 Å². The Bertz CT molecular complexity index is 1370. The Balaban J connectivity index is 1.24. The van der Waals surface area contributed by atoms with Crippen molar-refractivity contribution in [2.24, 2.45) is 0 Å². The van der Waals surface area contributed by atoms with Gasteiger partial charge in [-0.2, -0.15) is 0 Å². The summed E-state index contributed by atoms with van der Waals surface area (Å²) in [4.78, 5) is 24.1. The minimum atomic E-state index is -0.498. The van der Waals surface area contributed by atoms with E-state index in [9.17, 15) is 9.18 Å². The van der Waals surface area contributed by atoms with Crippen LogP contribution in [0.1, 0.15) is 32.1 Å². The summed E-state index contributed by atoms with van der Waals surface area (Å²) in [6.45, 7) is 2.24. The number of carbonyl (C=O) groups is 1. The summed E-state index contributed by atoms with van der Waals surface area (Å²) in [7, 11) is 0. The van der Waals surface area contributed by atoms with Gasteiger partial charge in [-0.05, 0) is 56.4 Å². The number of hydrogen-bond donors (Lipinski definition) is 2. The van der Waals surface area contributed by atoms with E-state index in [2.05, 4.69) is 25.5 Å². The second kappa shape index (κ2) is 10.8. The predicted octanol–water partition coefficient (Wildman–Crippen LogP) is 5.46. The summed E-state index contributed by atoms with van der Waals surface area (Å²) >= 11 is 5.95. The molecule has 1 aromatic heterocycles. The van der Waals surface area contributed by atoms with E-state index in [0.29, 0.717) is 45.9 Å². The van der Waals surface area contributed by atoms with Crippen molar-refractivity contribution in [2.45, 2.75) is 50.3 Å². The second-order valence-corrected chi connectivity index (χ2v) is 10.4. The van der Waals surface area contributed by atoms with E-state index >= 15 is 0 Å². The van der Waals surface area contributed by atoms with Crippen LogP contribution in [0.15, 0.2) is 48.8 Å². The van der Waals surface area contributed by atoms with Crippen LogP contribution in [0.4, 0.5) is 21.6 Å². The Morgan fingerprint density at radius 3 is 2.71 bits per heavy atom. The van der Waals surface area contributed by atoms with Gasteiger partial charge < -0.3 is 20.1 Å². The van der Waals surface area contributed by atoms with E-state index < -0.39 is 5.82 Å². The molecular weight excluding hydrogens is 509 g/mol. The lowest BCUT2D eigenvalue weighted by Gasteiger charge is -2.33. The molecule has 1 saturated carbocycles. The number of benzene rings is 2. The molecule has 198 valence electrons. The molecule has 2 atom stereocenters. The summed E-state index contributed by atoms with van der Waals surface area (Å²) in [5.74, 6) is 0.341. The lowest BCUT2D eigenvalue weighted by Crippen LogP contribution is -2.45. The maximum absolute atomic E-state index is 13.6. The van der Waals surface area contributed by atoms with E-state index in [4.69, 9.17) is 21.1 Å². The molecule has 2 bridgehead atoms. The third-order valence-electron chi connectivity index (χ3n) is 7.50. The Hall–Kier alpha value is -3.27. The van der Waals surface area contributed by atoms with Gasteiger partial charge in [-0.3, -0.25) is 9.69 Å². The molecule has 0 spiro atoms. The highest BCUT2D eigenvalue weighted by atomic mass is 35.5. The molecule has 6 rings (SSSR count). The lowest BCUT2D eigenvalue weighted by atomic mass is 9.96. The molecule has 1 aliphatic carbocycles. The van der Waals surface area contributed by atoms with Gasteiger partial charge in [0, 0.05) is 41.8 Å². The van der Waals surface area contributed by atoms with Crippen molar-refractivity contribution < 1.29 is 18.7 Å². The first-order valence-electron chi connectivity index (χ1n) is 13.0. The summed E-state index contributed by atoms with van der Waals surface area (Å²) in [6.07, 6.45) is 10.4. The van der Waals surface area contributed by atoms with Gasteiger partial charge in [-0.1, -0.05) is 17.7 Å². The van der Waals surface area contributed by atoms with E-state index in [0.717, 1.165) is 51.9 Å². The third kappa shape index (κ3) is 5.32. The Morgan fingerprint density at radius 2 is 1.97 bits per heavy atom. The number of fused-ring (bicyclic) bond motifs is 3. The van der Waals surface area contributed by atoms with E-state index in [-0.39, 0.29) is 17.0 Å². The zero-order chi connectivity index (χ0) is 26.1. The first kappa shape index (κ1) is 25.0. The van der Waals surface area contributed by atoms with Crippen molar-refractivity contribution in [3.05, 3.63) is 59.7 Å². The van der Waals surface area contributed by atoms with Gasteiger partial charge in [-0.25, -0.2) is 14.4 Å². The third-order valence-corrected chi connectivity index (χ3v) is 7.79. The van der Waals surface area contributed by atoms with Crippen LogP contribution < -0.4 is 15.4 Å². The fourth-order valence-corrected chi connectivity index (χ4v) is 5.40. The molecule has 38 heavy (non-hydrogen) atoms. The lowest BCUT2D eigenvalue weighted by molar-refractivity contribution is -0.112. The number of amides is 1. The van der Waals surface area contributed by atoms with Crippen LogP contribution in [-0.4, -0.2) is 58.7 Å². The molecule has 10 heteroatoms. The monoisotopic (exact) mass is 537 g/mol. The smallest absolute Gasteiger partial charge is 0.248 e. The van der Waals surface area contributed by atoms with Crippen LogP contribution >= 0.6 is 11.6 Å². The zero-order valence-corrected chi connectivity index (χ0v) is 21.6. The summed E-state index contributed by atoms with van der Waals surface area (Å²) in [6, 6.07) is 8.87. The van der Waals surface area contributed by atoms with E-state index in [1.807, 2.05) is 18.2 Å². The minimum absolute atomic E-state index is 0.00868. The van der Waals surface area contributed by atoms with Gasteiger partial charge in [0.05, 0.1) is 35.5 Å². The maximum Gasteiger partial charge on any atom is 0.248 e. The van der Waals surface area contributed by atoms with Crippen molar-refractivity contribution in [3.8, 4) is 5.75 Å². The normalized spacial score (nSPS) is 21.5. The van der Waals surface area contributed by atoms with Crippen molar-refractivity contribution in [2.75, 3.05) is 30.4 Å². The van der Waals surface area contributed by atoms with Crippen LogP contribution in [0.5, 0.6) is 5.75 Å². The molecule has 2 aliphatic heterocycles. The van der Waals surface area contributed by atoms with Gasteiger partial charge in [0.25, 0.3) is 0 Å². The topological polar surface area (TPSA) is 88.6 Å². The fraction of sp³-hybridized carbons (Fsp3) is 0.393. The summed E-state index contributed by atoms with van der Waals surface area (Å²) in [5.41, 5.74) is 1.78. The summed E-state index contributed by atoms with van der Waals surface area (Å²) < 4.78 is 25.5. The van der Waals surface area contributed by atoms with Gasteiger partial charge >= 0.3 is 0 Å². The van der Waals surface area contributed by atoms with Crippen molar-refractivity contribution in [1.82, 2.24) is 14.9 Å². The van der Waals surface area contributed by atoms with Crippen LogP contribution in [0.2, 0.25) is 5.02 Å². The van der Waals surface area contributed by atoms with Crippen LogP contribution in [0, 0.1) is 5.82 Å². The molecule has 2 N–H and O–H groups in total. The quantitative estimate of drug-likeness (QED) is 0.369. The van der Waals surface area contributed by atoms with E-state index in [1.54, 1.807) is 12.1 Å². The number of morpholine rings is 1. The highest BCUT2D eigenvalue weighted by molar-refractivity contribution is 6.31. The van der Waals surface area contributed by atoms with Gasteiger partial charge in [-0.15, -0.1) is 0 Å². The number of rotatable bonds is 8. The minimum Gasteiger partial charge on any atom is -0.488 e. The Labute approximate surface area is 225 Å². The highest BCUT2D eigenvalue weighted by Gasteiger charge is 2.36. The molecule has 2 unspecified atom stereocenters. The van der Waals surface area contributed by atoms with Crippen molar-refractivity contribution in [3.63, 3.8) is 0 Å². The fourth-order valence-electron chi connectivity index (χ4n) is 5.22. The largest absolute Gasteiger partial charge is 0.488 e. The zero-order valence-electron chi connectivity index (χ0n) is 20.8. The first-order valence-corrected chi connectivity index (χ1v) is 13.4. The van der Waals surface area contributed by atoms with E-state index in [1.165, 1.54) is 18.5 Å². The Morgan fingerprint density at radius 1 is 1.16 bits per heavy atom. The van der Waals surface area contributed by atoms with Crippen LogP contribution in [0.3, 0.4) is 0 Å². The molecule has 8 nitrogen and oxygen atoms in total. The van der Waals surface area contributed by atoms with Crippen molar-refractivity contribution >= 4 is 45.6 Å². The number of carbonyl (C=O) groups excluding carboxylic acids is 1. The number of aromatic nitrogens is 2. The standard InChI is InChI=1S/C28H29ClFN5O3/c29-22-11-17(6-9-23(22)30)33-28-21-12-25(26(38-20-3-1-4-20)13-24(21)31-16-32-28)34-27(36)5-2-10-35-18-7-8-19(35)15-37-14-18/h2,5-6,9,11-13,16,18-20H,1,3-4,7-8,10,14-15H2,(H,34,36)(H,31,32,33). The molecule has 3 aromatic rings. The molecule has 2 saturated heterocycles. The number of ether oxygens (including phenoxy) is 2. The van der Waals surface area contributed by atoms with Gasteiger partial charge in [0.15, 0.2) is 0 Å². The highest BCUT2D eigenvalue weighted by Crippen LogP contribution is 2.36. The number of nitrogens with zero attached hydrogens (tertiary/aromatic N) is 3. The number of halogens is 2. The SMILES string of the molecule is O=C(C=CCN1C2CCC1COC2)Nc1cc2c(Nc3ccc(F)c(Cl)c3)ncnc2cc1OC1CCC1. The molecule has 2 aromatic carbocycles. The number of nitrogens with one attached hydrogen (secondary N) is 2. The summed E-state index contributed by atoms with van der Waals surface area (Å²) in [5, 5.41) is 6.86. The molecule has 3 aliphatic rings. The van der Waals surface area contributed by atoms with Crippen molar-refractivity contribution in [1.29, 1.82) is 0 Å². The van der Waals surface area contributed by atoms with Gasteiger partial charge in [0.2, 0.25) is 5.91 Å². The Kier molecular flexibility index (Phi) is 7.14. The second-order valence-electron chi connectivity index (χ2n) is 10.0. The van der Waals surface area contributed by atoms with Crippen LogP contribution in [0.25, 0.3) is 10.9 Å². The molecule has 3 heterocycles. The van der Waals surface area contributed by atoms with Gasteiger partial charge in [0.1, 0.15) is 23.7 Å². The number of hydrogen-bond acceptors (Lipinski definition) is 7. The average molecular weight is 538 g/mol. The molecular formula is C28H29ClFN5O3. The molecule has 3 fully saturated rings. The average Bonchev–Trinajstić information content (AvgIpc) is 3.09. The molecule has 1 amide bonds. The maximum atomic E-state index is 13.6. The first-order chi connectivity index (χ1) is 18.5. The molecule has 0 radical (unpaired) electrons. The predicted molar refractivity (Wildman–Crippen MR) is 145 cm³/mol. The number of anilines is 3.